The zero-order valence-corrected chi connectivity index (χ0v) is 20.0. The molecule has 0 unspecified atom stereocenters. The van der Waals surface area contributed by atoms with Gasteiger partial charge in [0.15, 0.2) is 11.5 Å². The van der Waals surface area contributed by atoms with Crippen LogP contribution in [0.4, 0.5) is 4.39 Å². The molecular weight excluding hydrogens is 459 g/mol. The number of nitrogens with one attached hydrogen (secondary N) is 1. The molecule has 0 aromatic heterocycles. The van der Waals surface area contributed by atoms with Gasteiger partial charge in [0.2, 0.25) is 15.9 Å². The van der Waals surface area contributed by atoms with Gasteiger partial charge in [-0.15, -0.1) is 0 Å². The van der Waals surface area contributed by atoms with Gasteiger partial charge in [-0.05, 0) is 54.4 Å². The van der Waals surface area contributed by atoms with Crippen LogP contribution < -0.4 is 14.8 Å². The maximum Gasteiger partial charge on any atom is 0.243 e. The summed E-state index contributed by atoms with van der Waals surface area (Å²) in [6, 6.07) is 18.2. The molecule has 1 amide bonds. The number of carbonyl (C=O) groups excluding carboxylic acids is 1. The highest BCUT2D eigenvalue weighted by molar-refractivity contribution is 7.89. The van der Waals surface area contributed by atoms with Crippen molar-refractivity contribution in [2.24, 2.45) is 0 Å². The van der Waals surface area contributed by atoms with Crippen LogP contribution in [-0.4, -0.2) is 39.4 Å². The highest BCUT2D eigenvalue weighted by atomic mass is 32.2. The fraction of sp³-hybridized carbons (Fsp3) is 0.240. The fourth-order valence-corrected chi connectivity index (χ4v) is 4.82. The van der Waals surface area contributed by atoms with Gasteiger partial charge in [0.05, 0.1) is 31.7 Å². The molecule has 7 nitrogen and oxygen atoms in total. The van der Waals surface area contributed by atoms with E-state index in [0.29, 0.717) is 17.1 Å². The predicted octanol–water partition coefficient (Wildman–Crippen LogP) is 3.91. The van der Waals surface area contributed by atoms with Crippen molar-refractivity contribution in [2.75, 3.05) is 20.8 Å². The largest absolute Gasteiger partial charge is 0.493 e. The standard InChI is InChI=1S/C25H27FN2O5S/c1-18(20-11-14-23(32-2)24(15-20)33-3)27-25(29)17-28(16-19-9-12-21(26)13-10-19)34(30,31)22-7-5-4-6-8-22/h4-15,18H,16-17H2,1-3H3,(H,27,29)/t18-/m0/s1. The summed E-state index contributed by atoms with van der Waals surface area (Å²) >= 11 is 0. The zero-order valence-electron chi connectivity index (χ0n) is 19.2. The van der Waals surface area contributed by atoms with Gasteiger partial charge < -0.3 is 14.8 Å². The first-order chi connectivity index (χ1) is 16.2. The summed E-state index contributed by atoms with van der Waals surface area (Å²) in [6.07, 6.45) is 0. The molecule has 0 saturated carbocycles. The van der Waals surface area contributed by atoms with Crippen molar-refractivity contribution < 1.29 is 27.1 Å². The molecule has 0 aliphatic carbocycles. The van der Waals surface area contributed by atoms with Crippen molar-refractivity contribution in [3.8, 4) is 11.5 Å². The number of ether oxygens (including phenoxy) is 2. The number of rotatable bonds is 10. The number of nitrogens with zero attached hydrogens (tertiary/aromatic N) is 1. The number of methoxy groups -OCH3 is 2. The molecule has 0 aliphatic heterocycles. The molecule has 0 radical (unpaired) electrons. The van der Waals surface area contributed by atoms with Gasteiger partial charge in [-0.25, -0.2) is 12.8 Å². The van der Waals surface area contributed by atoms with Crippen LogP contribution in [0.5, 0.6) is 11.5 Å². The van der Waals surface area contributed by atoms with Gasteiger partial charge in [0, 0.05) is 6.54 Å². The third-order valence-corrected chi connectivity index (χ3v) is 7.06. The number of benzene rings is 3. The molecule has 1 N–H and O–H groups in total. The molecular formula is C25H27FN2O5S. The smallest absolute Gasteiger partial charge is 0.243 e. The van der Waals surface area contributed by atoms with E-state index >= 15 is 0 Å². The van der Waals surface area contributed by atoms with E-state index in [2.05, 4.69) is 5.32 Å². The van der Waals surface area contributed by atoms with E-state index in [1.54, 1.807) is 43.3 Å². The Morgan fingerprint density at radius 3 is 2.24 bits per heavy atom. The highest BCUT2D eigenvalue weighted by Crippen LogP contribution is 2.30. The number of sulfonamides is 1. The number of amides is 1. The Morgan fingerprint density at radius 2 is 1.62 bits per heavy atom. The third kappa shape index (κ3) is 6.12. The molecule has 3 aromatic rings. The van der Waals surface area contributed by atoms with E-state index in [9.17, 15) is 17.6 Å². The second-order valence-corrected chi connectivity index (χ2v) is 9.55. The van der Waals surface area contributed by atoms with Crippen LogP contribution in [0.2, 0.25) is 0 Å². The monoisotopic (exact) mass is 486 g/mol. The lowest BCUT2D eigenvalue weighted by atomic mass is 10.1. The minimum Gasteiger partial charge on any atom is -0.493 e. The van der Waals surface area contributed by atoms with Gasteiger partial charge >= 0.3 is 0 Å². The van der Waals surface area contributed by atoms with Gasteiger partial charge in [-0.2, -0.15) is 4.31 Å². The van der Waals surface area contributed by atoms with Crippen LogP contribution in [0.1, 0.15) is 24.1 Å². The van der Waals surface area contributed by atoms with Gasteiger partial charge in [-0.1, -0.05) is 36.4 Å². The maximum atomic E-state index is 13.3. The Balaban J connectivity index is 1.81. The minimum absolute atomic E-state index is 0.0675. The molecule has 3 aromatic carbocycles. The molecule has 34 heavy (non-hydrogen) atoms. The van der Waals surface area contributed by atoms with Crippen molar-refractivity contribution in [3.63, 3.8) is 0 Å². The van der Waals surface area contributed by atoms with Crippen molar-refractivity contribution >= 4 is 15.9 Å². The van der Waals surface area contributed by atoms with Crippen LogP contribution in [0, 0.1) is 5.82 Å². The van der Waals surface area contributed by atoms with Crippen LogP contribution in [0.15, 0.2) is 77.7 Å². The summed E-state index contributed by atoms with van der Waals surface area (Å²) in [7, 11) is -0.929. The Morgan fingerprint density at radius 1 is 0.971 bits per heavy atom. The van der Waals surface area contributed by atoms with Crippen LogP contribution in [-0.2, 0) is 21.4 Å². The second-order valence-electron chi connectivity index (χ2n) is 7.62. The summed E-state index contributed by atoms with van der Waals surface area (Å²) in [5.41, 5.74) is 1.32. The average Bonchev–Trinajstić information content (AvgIpc) is 2.84. The highest BCUT2D eigenvalue weighted by Gasteiger charge is 2.27. The molecule has 0 bridgehead atoms. The Hall–Kier alpha value is -3.43. The number of carbonyl (C=O) groups is 1. The summed E-state index contributed by atoms with van der Waals surface area (Å²) in [5, 5.41) is 2.83. The summed E-state index contributed by atoms with van der Waals surface area (Å²) in [4.78, 5) is 13.0. The van der Waals surface area contributed by atoms with Gasteiger partial charge in [-0.3, -0.25) is 4.79 Å². The molecule has 1 atom stereocenters. The van der Waals surface area contributed by atoms with E-state index in [1.165, 1.54) is 50.6 Å². The molecule has 0 heterocycles. The van der Waals surface area contributed by atoms with E-state index in [0.717, 1.165) is 9.87 Å². The Labute approximate surface area is 199 Å². The summed E-state index contributed by atoms with van der Waals surface area (Å²) < 4.78 is 51.5. The van der Waals surface area contributed by atoms with E-state index in [-0.39, 0.29) is 11.4 Å². The molecule has 0 fully saturated rings. The Bertz CT molecular complexity index is 1220. The number of hydrogen-bond donors (Lipinski definition) is 1. The van der Waals surface area contributed by atoms with Crippen molar-refractivity contribution in [3.05, 3.63) is 89.7 Å². The summed E-state index contributed by atoms with van der Waals surface area (Å²) in [5.74, 6) is 0.168. The average molecular weight is 487 g/mol. The topological polar surface area (TPSA) is 84.9 Å². The van der Waals surface area contributed by atoms with Gasteiger partial charge in [0.1, 0.15) is 5.82 Å². The minimum atomic E-state index is -3.98. The van der Waals surface area contributed by atoms with E-state index < -0.39 is 34.3 Å². The Kier molecular flexibility index (Phi) is 8.25. The van der Waals surface area contributed by atoms with Crippen LogP contribution >= 0.6 is 0 Å². The van der Waals surface area contributed by atoms with Crippen molar-refractivity contribution in [1.82, 2.24) is 9.62 Å². The normalized spacial score (nSPS) is 12.3. The van der Waals surface area contributed by atoms with Crippen LogP contribution in [0.25, 0.3) is 0 Å². The molecule has 180 valence electrons. The zero-order chi connectivity index (χ0) is 24.7. The molecule has 0 spiro atoms. The van der Waals surface area contributed by atoms with Crippen molar-refractivity contribution in [2.45, 2.75) is 24.4 Å². The maximum absolute atomic E-state index is 13.3. The summed E-state index contributed by atoms with van der Waals surface area (Å²) in [6.45, 7) is 1.29. The lowest BCUT2D eigenvalue weighted by Crippen LogP contribution is -2.41. The van der Waals surface area contributed by atoms with Gasteiger partial charge in [0.25, 0.3) is 0 Å². The second kappa shape index (κ2) is 11.1. The van der Waals surface area contributed by atoms with Crippen LogP contribution in [0.3, 0.4) is 0 Å². The fourth-order valence-electron chi connectivity index (χ4n) is 3.41. The van der Waals surface area contributed by atoms with E-state index in [1.807, 2.05) is 0 Å². The first kappa shape index (κ1) is 25.2. The number of halogens is 1. The first-order valence-electron chi connectivity index (χ1n) is 10.6. The SMILES string of the molecule is COc1ccc([C@H](C)NC(=O)CN(Cc2ccc(F)cc2)S(=O)(=O)c2ccccc2)cc1OC. The molecule has 3 rings (SSSR count). The van der Waals surface area contributed by atoms with Crippen molar-refractivity contribution in [1.29, 1.82) is 0 Å². The molecule has 9 heteroatoms. The lowest BCUT2D eigenvalue weighted by molar-refractivity contribution is -0.122. The lowest BCUT2D eigenvalue weighted by Gasteiger charge is -2.23. The predicted molar refractivity (Wildman–Crippen MR) is 127 cm³/mol. The van der Waals surface area contributed by atoms with E-state index in [4.69, 9.17) is 9.47 Å². The third-order valence-electron chi connectivity index (χ3n) is 5.26. The molecule has 0 aliphatic rings. The number of hydrogen-bond acceptors (Lipinski definition) is 5. The quantitative estimate of drug-likeness (QED) is 0.470. The molecule has 0 saturated heterocycles. The first-order valence-corrected chi connectivity index (χ1v) is 12.0.